The highest BCUT2D eigenvalue weighted by Crippen LogP contribution is 2.17. The SMILES string of the molecule is CCSC(=N)Nc1ccc(CCN)cc1F. The average molecular weight is 241 g/mol. The van der Waals surface area contributed by atoms with Crippen LogP contribution in [0, 0.1) is 11.2 Å². The van der Waals surface area contributed by atoms with Crippen molar-refractivity contribution in [3.05, 3.63) is 29.6 Å². The fourth-order valence-corrected chi connectivity index (χ4v) is 1.76. The van der Waals surface area contributed by atoms with Gasteiger partial charge in [-0.1, -0.05) is 24.8 Å². The number of thioether (sulfide) groups is 1. The van der Waals surface area contributed by atoms with Crippen molar-refractivity contribution in [2.45, 2.75) is 13.3 Å². The zero-order valence-corrected chi connectivity index (χ0v) is 10.0. The number of hydrogen-bond donors (Lipinski definition) is 3. The Bertz CT molecular complexity index is 368. The molecule has 0 fully saturated rings. The minimum absolute atomic E-state index is 0.257. The van der Waals surface area contributed by atoms with Gasteiger partial charge in [0.2, 0.25) is 0 Å². The monoisotopic (exact) mass is 241 g/mol. The van der Waals surface area contributed by atoms with Gasteiger partial charge in [-0.25, -0.2) is 4.39 Å². The van der Waals surface area contributed by atoms with Crippen LogP contribution >= 0.6 is 11.8 Å². The first-order valence-electron chi connectivity index (χ1n) is 5.14. The molecule has 88 valence electrons. The van der Waals surface area contributed by atoms with E-state index in [1.165, 1.54) is 17.8 Å². The van der Waals surface area contributed by atoms with Gasteiger partial charge in [0.25, 0.3) is 0 Å². The summed E-state index contributed by atoms with van der Waals surface area (Å²) in [7, 11) is 0. The summed E-state index contributed by atoms with van der Waals surface area (Å²) in [6, 6.07) is 4.92. The minimum atomic E-state index is -0.340. The van der Waals surface area contributed by atoms with Gasteiger partial charge in [-0.3, -0.25) is 5.41 Å². The van der Waals surface area contributed by atoms with Gasteiger partial charge in [-0.2, -0.15) is 0 Å². The molecule has 0 spiro atoms. The van der Waals surface area contributed by atoms with Gasteiger partial charge in [0.15, 0.2) is 5.17 Å². The number of nitrogens with one attached hydrogen (secondary N) is 2. The Morgan fingerprint density at radius 2 is 2.31 bits per heavy atom. The van der Waals surface area contributed by atoms with Gasteiger partial charge < -0.3 is 11.1 Å². The predicted octanol–water partition coefficient (Wildman–Crippen LogP) is 2.43. The lowest BCUT2D eigenvalue weighted by Gasteiger charge is -2.08. The van der Waals surface area contributed by atoms with Gasteiger partial charge in [0.05, 0.1) is 5.69 Å². The molecule has 1 aromatic carbocycles. The number of halogens is 1. The highest BCUT2D eigenvalue weighted by Gasteiger charge is 2.05. The van der Waals surface area contributed by atoms with Crippen LogP contribution in [0.5, 0.6) is 0 Å². The second-order valence-corrected chi connectivity index (χ2v) is 4.51. The van der Waals surface area contributed by atoms with Gasteiger partial charge in [0, 0.05) is 0 Å². The maximum absolute atomic E-state index is 13.6. The quantitative estimate of drug-likeness (QED) is 0.560. The average Bonchev–Trinajstić information content (AvgIpc) is 2.23. The zero-order chi connectivity index (χ0) is 12.0. The molecule has 4 N–H and O–H groups in total. The van der Waals surface area contributed by atoms with Gasteiger partial charge in [0.1, 0.15) is 5.82 Å². The Morgan fingerprint density at radius 3 is 2.88 bits per heavy atom. The molecule has 0 saturated heterocycles. The fraction of sp³-hybridized carbons (Fsp3) is 0.364. The third-order valence-corrected chi connectivity index (χ3v) is 2.68. The molecule has 16 heavy (non-hydrogen) atoms. The van der Waals surface area contributed by atoms with E-state index in [0.29, 0.717) is 18.7 Å². The van der Waals surface area contributed by atoms with E-state index in [1.54, 1.807) is 6.07 Å². The lowest BCUT2D eigenvalue weighted by molar-refractivity contribution is 0.630. The van der Waals surface area contributed by atoms with Crippen molar-refractivity contribution in [2.75, 3.05) is 17.6 Å². The standard InChI is InChI=1S/C11H16FN3S/c1-2-16-11(14)15-10-4-3-8(5-6-13)7-9(10)12/h3-4,7H,2,5-6,13H2,1H3,(H2,14,15). The minimum Gasteiger partial charge on any atom is -0.333 e. The molecule has 0 heterocycles. The molecular weight excluding hydrogens is 225 g/mol. The van der Waals surface area contributed by atoms with Crippen molar-refractivity contribution in [3.8, 4) is 0 Å². The van der Waals surface area contributed by atoms with Crippen LogP contribution < -0.4 is 11.1 Å². The zero-order valence-electron chi connectivity index (χ0n) is 9.22. The summed E-state index contributed by atoms with van der Waals surface area (Å²) in [6.07, 6.45) is 0.665. The van der Waals surface area contributed by atoms with Crippen LogP contribution in [0.25, 0.3) is 0 Å². The van der Waals surface area contributed by atoms with E-state index in [2.05, 4.69) is 5.32 Å². The molecule has 0 aliphatic carbocycles. The normalized spacial score (nSPS) is 10.2. The molecule has 0 aliphatic rings. The molecule has 3 nitrogen and oxygen atoms in total. The lowest BCUT2D eigenvalue weighted by Crippen LogP contribution is -2.09. The third-order valence-electron chi connectivity index (χ3n) is 2.00. The summed E-state index contributed by atoms with van der Waals surface area (Å²) in [4.78, 5) is 0. The predicted molar refractivity (Wildman–Crippen MR) is 68.6 cm³/mol. The van der Waals surface area contributed by atoms with Crippen LogP contribution in [0.1, 0.15) is 12.5 Å². The Kier molecular flexibility index (Phi) is 5.28. The summed E-state index contributed by atoms with van der Waals surface area (Å²) >= 11 is 1.33. The highest BCUT2D eigenvalue weighted by atomic mass is 32.2. The van der Waals surface area contributed by atoms with Crippen molar-refractivity contribution < 1.29 is 4.39 Å². The smallest absolute Gasteiger partial charge is 0.158 e. The molecule has 0 atom stereocenters. The number of rotatable bonds is 4. The van der Waals surface area contributed by atoms with Gasteiger partial charge >= 0.3 is 0 Å². The van der Waals surface area contributed by atoms with Crippen LogP contribution in [-0.4, -0.2) is 17.5 Å². The highest BCUT2D eigenvalue weighted by molar-refractivity contribution is 8.14. The number of amidine groups is 1. The molecule has 0 unspecified atom stereocenters. The third kappa shape index (κ3) is 3.83. The van der Waals surface area contributed by atoms with Crippen molar-refractivity contribution in [1.29, 1.82) is 5.41 Å². The summed E-state index contributed by atoms with van der Waals surface area (Å²) in [6.45, 7) is 2.45. The van der Waals surface area contributed by atoms with Crippen LogP contribution in [-0.2, 0) is 6.42 Å². The maximum atomic E-state index is 13.6. The van der Waals surface area contributed by atoms with E-state index in [9.17, 15) is 4.39 Å². The Labute approximate surface area is 99.1 Å². The summed E-state index contributed by atoms with van der Waals surface area (Å²) in [5.74, 6) is 0.450. The molecule has 0 radical (unpaired) electrons. The molecule has 5 heteroatoms. The molecule has 0 amide bonds. The van der Waals surface area contributed by atoms with Gasteiger partial charge in [-0.05, 0) is 36.4 Å². The fourth-order valence-electron chi connectivity index (χ4n) is 1.28. The second-order valence-electron chi connectivity index (χ2n) is 3.24. The Hall–Kier alpha value is -1.07. The largest absolute Gasteiger partial charge is 0.333 e. The molecule has 0 aliphatic heterocycles. The number of nitrogens with two attached hydrogens (primary N) is 1. The van der Waals surface area contributed by atoms with Crippen LogP contribution in [0.2, 0.25) is 0 Å². The molecule has 0 aromatic heterocycles. The van der Waals surface area contributed by atoms with Crippen molar-refractivity contribution in [1.82, 2.24) is 0 Å². The summed E-state index contributed by atoms with van der Waals surface area (Å²) in [5.41, 5.74) is 6.61. The molecule has 0 saturated carbocycles. The van der Waals surface area contributed by atoms with E-state index in [1.807, 2.05) is 13.0 Å². The van der Waals surface area contributed by atoms with E-state index >= 15 is 0 Å². The van der Waals surface area contributed by atoms with Crippen molar-refractivity contribution in [3.63, 3.8) is 0 Å². The van der Waals surface area contributed by atoms with E-state index < -0.39 is 0 Å². The first-order valence-corrected chi connectivity index (χ1v) is 6.12. The lowest BCUT2D eigenvalue weighted by atomic mass is 10.1. The van der Waals surface area contributed by atoms with E-state index in [4.69, 9.17) is 11.1 Å². The first-order chi connectivity index (χ1) is 7.67. The maximum Gasteiger partial charge on any atom is 0.158 e. The van der Waals surface area contributed by atoms with Crippen molar-refractivity contribution >= 4 is 22.6 Å². The van der Waals surface area contributed by atoms with Gasteiger partial charge in [-0.15, -0.1) is 0 Å². The molecular formula is C11H16FN3S. The van der Waals surface area contributed by atoms with Crippen LogP contribution in [0.4, 0.5) is 10.1 Å². The summed E-state index contributed by atoms with van der Waals surface area (Å²) in [5, 5.41) is 10.5. The van der Waals surface area contributed by atoms with E-state index in [-0.39, 0.29) is 11.0 Å². The topological polar surface area (TPSA) is 61.9 Å². The number of hydrogen-bond acceptors (Lipinski definition) is 3. The second kappa shape index (κ2) is 6.50. The molecule has 0 bridgehead atoms. The number of anilines is 1. The van der Waals surface area contributed by atoms with E-state index in [0.717, 1.165) is 11.3 Å². The van der Waals surface area contributed by atoms with Crippen LogP contribution in [0.3, 0.4) is 0 Å². The molecule has 1 aromatic rings. The first kappa shape index (κ1) is 13.0. The number of benzene rings is 1. The summed E-state index contributed by atoms with van der Waals surface area (Å²) < 4.78 is 13.6. The van der Waals surface area contributed by atoms with Crippen LogP contribution in [0.15, 0.2) is 18.2 Å². The van der Waals surface area contributed by atoms with Crippen molar-refractivity contribution in [2.24, 2.45) is 5.73 Å². The Balaban J connectivity index is 2.71. The Morgan fingerprint density at radius 1 is 1.56 bits per heavy atom. The molecule has 1 rings (SSSR count).